The molecule has 1 aliphatic rings. The quantitative estimate of drug-likeness (QED) is 0.783. The van der Waals surface area contributed by atoms with Crippen LogP contribution in [0, 0.1) is 0 Å². The zero-order valence-electron chi connectivity index (χ0n) is 13.2. The zero-order valence-corrected chi connectivity index (χ0v) is 14.8. The molecule has 3 nitrogen and oxygen atoms in total. The maximum absolute atomic E-state index is 6.11. The topological polar surface area (TPSA) is 30.5 Å². The fraction of sp³-hybridized carbons (Fsp3) is 0.647. The van der Waals surface area contributed by atoms with Gasteiger partial charge in [0, 0.05) is 10.0 Å². The lowest BCUT2D eigenvalue weighted by Crippen LogP contribution is -2.33. The van der Waals surface area contributed by atoms with E-state index < -0.39 is 0 Å². The molecule has 4 heteroatoms. The summed E-state index contributed by atoms with van der Waals surface area (Å²) >= 11 is 3.58. The molecule has 0 aromatic heterocycles. The third kappa shape index (κ3) is 4.44. The Balaban J connectivity index is 2.28. The van der Waals surface area contributed by atoms with Gasteiger partial charge in [-0.1, -0.05) is 22.9 Å². The Morgan fingerprint density at radius 2 is 2.19 bits per heavy atom. The van der Waals surface area contributed by atoms with Crippen LogP contribution in [0.2, 0.25) is 0 Å². The van der Waals surface area contributed by atoms with E-state index in [-0.39, 0.29) is 12.1 Å². The van der Waals surface area contributed by atoms with Gasteiger partial charge in [0.1, 0.15) is 5.75 Å². The van der Waals surface area contributed by atoms with E-state index in [1.807, 2.05) is 19.1 Å². The molecule has 3 unspecified atom stereocenters. The smallest absolute Gasteiger partial charge is 0.124 e. The van der Waals surface area contributed by atoms with Crippen molar-refractivity contribution in [1.29, 1.82) is 0 Å². The summed E-state index contributed by atoms with van der Waals surface area (Å²) in [6.45, 7) is 8.02. The first-order valence-corrected chi connectivity index (χ1v) is 8.76. The van der Waals surface area contributed by atoms with Gasteiger partial charge in [-0.2, -0.15) is 0 Å². The summed E-state index contributed by atoms with van der Waals surface area (Å²) in [4.78, 5) is 0. The van der Waals surface area contributed by atoms with E-state index in [0.717, 1.165) is 36.0 Å². The second-order valence-electron chi connectivity index (χ2n) is 5.61. The fourth-order valence-electron chi connectivity index (χ4n) is 2.87. The molecule has 0 amide bonds. The number of benzene rings is 1. The third-order valence-electron chi connectivity index (χ3n) is 3.86. The highest BCUT2D eigenvalue weighted by molar-refractivity contribution is 9.10. The molecule has 0 radical (unpaired) electrons. The Morgan fingerprint density at radius 1 is 1.38 bits per heavy atom. The molecular weight excluding hydrogens is 330 g/mol. The maximum atomic E-state index is 6.11. The van der Waals surface area contributed by atoms with E-state index in [2.05, 4.69) is 41.2 Å². The monoisotopic (exact) mass is 355 g/mol. The first-order valence-electron chi connectivity index (χ1n) is 7.96. The van der Waals surface area contributed by atoms with Crippen LogP contribution in [0.4, 0.5) is 0 Å². The van der Waals surface area contributed by atoms with Crippen LogP contribution in [0.3, 0.4) is 0 Å². The fourth-order valence-corrected chi connectivity index (χ4v) is 3.25. The molecule has 118 valence electrons. The number of halogens is 1. The molecule has 1 N–H and O–H groups in total. The van der Waals surface area contributed by atoms with Gasteiger partial charge in [0.15, 0.2) is 0 Å². The Bertz CT molecular complexity index is 452. The van der Waals surface area contributed by atoms with Crippen LogP contribution in [-0.2, 0) is 4.74 Å². The van der Waals surface area contributed by atoms with E-state index >= 15 is 0 Å². The summed E-state index contributed by atoms with van der Waals surface area (Å²) in [7, 11) is 0. The Hall–Kier alpha value is -0.580. The van der Waals surface area contributed by atoms with Crippen LogP contribution >= 0.6 is 15.9 Å². The normalized spacial score (nSPS) is 23.2. The highest BCUT2D eigenvalue weighted by Crippen LogP contribution is 2.36. The average molecular weight is 356 g/mol. The van der Waals surface area contributed by atoms with E-state index in [4.69, 9.17) is 9.47 Å². The van der Waals surface area contributed by atoms with Gasteiger partial charge in [-0.15, -0.1) is 0 Å². The SMILES string of the molecule is CCCNC(c1cc(Br)ccc1OCC)C1CCC(C)O1. The van der Waals surface area contributed by atoms with E-state index in [1.165, 1.54) is 5.56 Å². The minimum Gasteiger partial charge on any atom is -0.494 e. The molecule has 0 saturated carbocycles. The molecule has 21 heavy (non-hydrogen) atoms. The van der Waals surface area contributed by atoms with Gasteiger partial charge in [-0.3, -0.25) is 0 Å². The van der Waals surface area contributed by atoms with Crippen molar-refractivity contribution in [3.8, 4) is 5.75 Å². The molecule has 2 rings (SSSR count). The lowest BCUT2D eigenvalue weighted by atomic mass is 9.98. The van der Waals surface area contributed by atoms with Gasteiger partial charge in [0.25, 0.3) is 0 Å². The lowest BCUT2D eigenvalue weighted by molar-refractivity contribution is 0.0310. The highest BCUT2D eigenvalue weighted by atomic mass is 79.9. The first-order chi connectivity index (χ1) is 10.2. The van der Waals surface area contributed by atoms with Crippen molar-refractivity contribution in [3.05, 3.63) is 28.2 Å². The largest absolute Gasteiger partial charge is 0.494 e. The molecule has 3 atom stereocenters. The highest BCUT2D eigenvalue weighted by Gasteiger charge is 2.32. The van der Waals surface area contributed by atoms with Crippen LogP contribution in [-0.4, -0.2) is 25.4 Å². The molecule has 0 aliphatic carbocycles. The minimum absolute atomic E-state index is 0.189. The Labute approximate surface area is 136 Å². The predicted molar refractivity (Wildman–Crippen MR) is 89.9 cm³/mol. The van der Waals surface area contributed by atoms with Gasteiger partial charge in [-0.05, 0) is 57.9 Å². The predicted octanol–water partition coefficient (Wildman–Crippen LogP) is 4.46. The number of ether oxygens (including phenoxy) is 2. The molecule has 1 aliphatic heterocycles. The van der Waals surface area contributed by atoms with Crippen molar-refractivity contribution in [3.63, 3.8) is 0 Å². The van der Waals surface area contributed by atoms with Gasteiger partial charge in [0.2, 0.25) is 0 Å². The van der Waals surface area contributed by atoms with Gasteiger partial charge in [-0.25, -0.2) is 0 Å². The molecule has 1 aromatic carbocycles. The number of hydrogen-bond donors (Lipinski definition) is 1. The van der Waals surface area contributed by atoms with Gasteiger partial charge in [0.05, 0.1) is 24.9 Å². The number of nitrogens with one attached hydrogen (secondary N) is 1. The molecule has 1 fully saturated rings. The minimum atomic E-state index is 0.189. The Morgan fingerprint density at radius 3 is 2.81 bits per heavy atom. The van der Waals surface area contributed by atoms with Crippen molar-refractivity contribution in [2.24, 2.45) is 0 Å². The molecule has 0 spiro atoms. The zero-order chi connectivity index (χ0) is 15.2. The van der Waals surface area contributed by atoms with Crippen LogP contribution < -0.4 is 10.1 Å². The number of rotatable bonds is 7. The van der Waals surface area contributed by atoms with Crippen molar-refractivity contribution >= 4 is 15.9 Å². The van der Waals surface area contributed by atoms with Crippen molar-refractivity contribution in [1.82, 2.24) is 5.32 Å². The second kappa shape index (κ2) is 8.16. The molecule has 0 bridgehead atoms. The van der Waals surface area contributed by atoms with Crippen LogP contribution in [0.1, 0.15) is 51.6 Å². The number of hydrogen-bond acceptors (Lipinski definition) is 3. The van der Waals surface area contributed by atoms with Gasteiger partial charge >= 0.3 is 0 Å². The van der Waals surface area contributed by atoms with E-state index in [9.17, 15) is 0 Å². The standard InChI is InChI=1S/C17H26BrNO2/c1-4-10-19-17(16-8-6-12(3)21-16)14-11-13(18)7-9-15(14)20-5-2/h7,9,11-12,16-17,19H,4-6,8,10H2,1-3H3. The lowest BCUT2D eigenvalue weighted by Gasteiger charge is -2.27. The summed E-state index contributed by atoms with van der Waals surface area (Å²) in [5.74, 6) is 0.956. The summed E-state index contributed by atoms with van der Waals surface area (Å²) in [6, 6.07) is 6.42. The summed E-state index contributed by atoms with van der Waals surface area (Å²) in [5, 5.41) is 3.65. The molecule has 1 saturated heterocycles. The molecule has 1 aromatic rings. The van der Waals surface area contributed by atoms with Crippen molar-refractivity contribution in [2.45, 2.75) is 58.3 Å². The van der Waals surface area contributed by atoms with Crippen molar-refractivity contribution < 1.29 is 9.47 Å². The van der Waals surface area contributed by atoms with Gasteiger partial charge < -0.3 is 14.8 Å². The van der Waals surface area contributed by atoms with Crippen molar-refractivity contribution in [2.75, 3.05) is 13.2 Å². The van der Waals surface area contributed by atoms with E-state index in [1.54, 1.807) is 0 Å². The second-order valence-corrected chi connectivity index (χ2v) is 6.53. The Kier molecular flexibility index (Phi) is 6.52. The summed E-state index contributed by atoms with van der Waals surface area (Å²) in [6.07, 6.45) is 3.91. The summed E-state index contributed by atoms with van der Waals surface area (Å²) < 4.78 is 13.0. The first kappa shape index (κ1) is 16.8. The summed E-state index contributed by atoms with van der Waals surface area (Å²) in [5.41, 5.74) is 1.19. The molecule has 1 heterocycles. The van der Waals surface area contributed by atoms with E-state index in [0.29, 0.717) is 12.7 Å². The van der Waals surface area contributed by atoms with Crippen LogP contribution in [0.25, 0.3) is 0 Å². The van der Waals surface area contributed by atoms with Crippen LogP contribution in [0.5, 0.6) is 5.75 Å². The maximum Gasteiger partial charge on any atom is 0.124 e. The third-order valence-corrected chi connectivity index (χ3v) is 4.35. The molecular formula is C17H26BrNO2. The average Bonchev–Trinajstić information content (AvgIpc) is 2.89. The van der Waals surface area contributed by atoms with Crippen LogP contribution in [0.15, 0.2) is 22.7 Å².